The first kappa shape index (κ1) is 51.4. The van der Waals surface area contributed by atoms with E-state index in [2.05, 4.69) is 92.7 Å². The first-order valence-electron chi connectivity index (χ1n) is 23.8. The molecule has 10 atom stereocenters. The van der Waals surface area contributed by atoms with Crippen molar-refractivity contribution >= 4 is 22.4 Å². The van der Waals surface area contributed by atoms with Gasteiger partial charge in [-0.15, -0.1) is 0 Å². The molecule has 2 aliphatic rings. The number of benzene rings is 3. The van der Waals surface area contributed by atoms with Gasteiger partial charge in [-0.1, -0.05) is 146 Å². The van der Waals surface area contributed by atoms with Crippen molar-refractivity contribution in [3.63, 3.8) is 0 Å². The normalized spacial score (nSPS) is 24.0. The molecule has 1 unspecified atom stereocenters. The summed E-state index contributed by atoms with van der Waals surface area (Å²) in [6, 6.07) is 31.3. The summed E-state index contributed by atoms with van der Waals surface area (Å²) in [5, 5.41) is 12.0. The fourth-order valence-electron chi connectivity index (χ4n) is 8.65. The van der Waals surface area contributed by atoms with Crippen molar-refractivity contribution in [2.24, 2.45) is 11.8 Å². The summed E-state index contributed by atoms with van der Waals surface area (Å²) in [6.45, 7) is 25.9. The predicted molar refractivity (Wildman–Crippen MR) is 256 cm³/mol. The minimum absolute atomic E-state index is 0.0693. The van der Waals surface area contributed by atoms with Crippen molar-refractivity contribution in [2.45, 2.75) is 186 Å². The number of carbonyl (C=O) groups is 1. The molecular formula is C52H80O9Si2. The van der Waals surface area contributed by atoms with E-state index in [9.17, 15) is 9.90 Å². The number of ketones is 1. The maximum Gasteiger partial charge on any atom is 0.192 e. The summed E-state index contributed by atoms with van der Waals surface area (Å²) in [6.07, 6.45) is -2.17. The second-order valence-corrected chi connectivity index (χ2v) is 29.2. The third kappa shape index (κ3) is 14.0. The second-order valence-electron chi connectivity index (χ2n) is 19.8. The quantitative estimate of drug-likeness (QED) is 0.0695. The van der Waals surface area contributed by atoms with Gasteiger partial charge in [0.1, 0.15) is 18.3 Å². The van der Waals surface area contributed by atoms with Crippen LogP contribution in [0.2, 0.25) is 36.3 Å². The molecule has 0 spiro atoms. The highest BCUT2D eigenvalue weighted by Gasteiger charge is 2.55. The first-order chi connectivity index (χ1) is 30.0. The highest BCUT2D eigenvalue weighted by molar-refractivity contribution is 6.74. The van der Waals surface area contributed by atoms with Crippen molar-refractivity contribution in [3.8, 4) is 0 Å². The van der Waals surface area contributed by atoms with E-state index in [1.165, 1.54) is 11.1 Å². The van der Waals surface area contributed by atoms with Gasteiger partial charge < -0.3 is 37.6 Å². The van der Waals surface area contributed by atoms with Gasteiger partial charge in [-0.05, 0) is 73.6 Å². The highest BCUT2D eigenvalue weighted by atomic mass is 28.4. The van der Waals surface area contributed by atoms with Gasteiger partial charge >= 0.3 is 0 Å². The molecule has 63 heavy (non-hydrogen) atoms. The molecule has 0 bridgehead atoms. The minimum atomic E-state index is -2.35. The number of rotatable bonds is 24. The van der Waals surface area contributed by atoms with Gasteiger partial charge in [-0.2, -0.15) is 0 Å². The molecule has 11 heteroatoms. The van der Waals surface area contributed by atoms with Crippen LogP contribution in [-0.4, -0.2) is 83.5 Å². The number of aliphatic hydroxyl groups is 1. The van der Waals surface area contributed by atoms with Gasteiger partial charge in [0, 0.05) is 30.4 Å². The van der Waals surface area contributed by atoms with Gasteiger partial charge in [0.05, 0.1) is 44.2 Å². The van der Waals surface area contributed by atoms with Gasteiger partial charge in [-0.25, -0.2) is 0 Å². The molecule has 2 aliphatic heterocycles. The van der Waals surface area contributed by atoms with Crippen molar-refractivity contribution in [2.75, 3.05) is 13.2 Å². The molecular weight excluding hydrogens is 825 g/mol. The van der Waals surface area contributed by atoms with Crippen LogP contribution in [0.4, 0.5) is 0 Å². The Morgan fingerprint density at radius 1 is 0.857 bits per heavy atom. The lowest BCUT2D eigenvalue weighted by molar-refractivity contribution is -0.325. The zero-order chi connectivity index (χ0) is 45.8. The summed E-state index contributed by atoms with van der Waals surface area (Å²) in [4.78, 5) is 14.9. The van der Waals surface area contributed by atoms with E-state index in [1.807, 2.05) is 67.6 Å². The van der Waals surface area contributed by atoms with E-state index in [0.717, 1.165) is 48.5 Å². The fourth-order valence-corrected chi connectivity index (χ4v) is 13.0. The monoisotopic (exact) mass is 905 g/mol. The van der Waals surface area contributed by atoms with Crippen LogP contribution >= 0.6 is 0 Å². The number of aryl methyl sites for hydroxylation is 1. The van der Waals surface area contributed by atoms with Crippen LogP contribution in [0.5, 0.6) is 0 Å². The average Bonchev–Trinajstić information content (AvgIpc) is 3.27. The lowest BCUT2D eigenvalue weighted by Crippen LogP contribution is -2.65. The molecule has 2 saturated heterocycles. The van der Waals surface area contributed by atoms with Gasteiger partial charge in [-0.3, -0.25) is 4.79 Å². The van der Waals surface area contributed by atoms with Crippen molar-refractivity contribution < 1.29 is 42.4 Å². The Bertz CT molecular complexity index is 1770. The third-order valence-corrected chi connectivity index (χ3v) is 23.4. The molecule has 5 rings (SSSR count). The second kappa shape index (κ2) is 23.8. The number of aliphatic hydroxyl groups excluding tert-OH is 1. The van der Waals surface area contributed by atoms with Crippen molar-refractivity contribution in [3.05, 3.63) is 107 Å². The smallest absolute Gasteiger partial charge is 0.192 e. The van der Waals surface area contributed by atoms with Crippen LogP contribution in [0.25, 0.3) is 0 Å². The summed E-state index contributed by atoms with van der Waals surface area (Å²) in [5.41, 5.74) is 4.29. The lowest BCUT2D eigenvalue weighted by Gasteiger charge is -2.53. The van der Waals surface area contributed by atoms with Crippen LogP contribution in [0, 0.1) is 18.8 Å². The summed E-state index contributed by atoms with van der Waals surface area (Å²) >= 11 is 0. The standard InChI is InChI=1S/C52H80O9Si2/c1-12-63(13-2,14-3)60-45(27-21-22-32-55-34-41-30-28-37(4)29-31-41)38(5)43(53)33-44(54)49(56-35-40-23-17-15-18-24-40)47-39(6)48(61-62(10,11)52(7,8)9)50-46(58-47)36-57-51(59-50)42-25-19-16-20-26-42/h15-20,23-26,28-31,38-39,43,45-51,53H,12-14,21-22,27,32-36H2,1-11H3/t38-,39+,43?,45-,46-,47-,48-,49-,50-,51-/m1/s1. The number of ether oxygens (including phenoxy) is 5. The molecule has 0 saturated carbocycles. The van der Waals surface area contributed by atoms with E-state index in [4.69, 9.17) is 32.5 Å². The molecule has 0 aromatic heterocycles. The molecule has 2 fully saturated rings. The third-order valence-electron chi connectivity index (χ3n) is 14.3. The predicted octanol–water partition coefficient (Wildman–Crippen LogP) is 11.5. The van der Waals surface area contributed by atoms with Crippen molar-refractivity contribution in [1.29, 1.82) is 0 Å². The van der Waals surface area contributed by atoms with Crippen LogP contribution in [0.3, 0.4) is 0 Å². The Hall–Kier alpha value is -2.56. The minimum Gasteiger partial charge on any atom is -0.414 e. The van der Waals surface area contributed by atoms with Crippen LogP contribution in [0.15, 0.2) is 84.9 Å². The van der Waals surface area contributed by atoms with Crippen LogP contribution in [-0.2, 0) is 50.5 Å². The Morgan fingerprint density at radius 2 is 1.48 bits per heavy atom. The number of hydrogen-bond donors (Lipinski definition) is 1. The summed E-state index contributed by atoms with van der Waals surface area (Å²) in [5.74, 6) is -0.768. The molecule has 3 aromatic carbocycles. The summed E-state index contributed by atoms with van der Waals surface area (Å²) < 4.78 is 47.2. The molecule has 3 aromatic rings. The first-order valence-corrected chi connectivity index (χ1v) is 29.3. The van der Waals surface area contributed by atoms with Gasteiger partial charge in [0.25, 0.3) is 0 Å². The molecule has 0 amide bonds. The molecule has 0 radical (unpaired) electrons. The molecule has 2 heterocycles. The number of Topliss-reactive ketones (excluding diaryl/α,β-unsaturated/α-hetero) is 1. The van der Waals surface area contributed by atoms with Crippen molar-refractivity contribution in [1.82, 2.24) is 0 Å². The number of hydrogen-bond acceptors (Lipinski definition) is 9. The number of unbranched alkanes of at least 4 members (excludes halogenated alkanes) is 1. The molecule has 0 aliphatic carbocycles. The Kier molecular flexibility index (Phi) is 19.4. The van der Waals surface area contributed by atoms with E-state index in [1.54, 1.807) is 0 Å². The maximum absolute atomic E-state index is 14.9. The average molecular weight is 905 g/mol. The lowest BCUT2D eigenvalue weighted by atomic mass is 9.82. The molecule has 350 valence electrons. The van der Waals surface area contributed by atoms with Crippen LogP contribution in [0.1, 0.15) is 110 Å². The zero-order valence-corrected chi connectivity index (χ0v) is 42.3. The van der Waals surface area contributed by atoms with E-state index < -0.39 is 59.5 Å². The van der Waals surface area contributed by atoms with E-state index in [-0.39, 0.29) is 48.4 Å². The van der Waals surface area contributed by atoms with E-state index in [0.29, 0.717) is 13.2 Å². The zero-order valence-electron chi connectivity index (χ0n) is 40.3. The largest absolute Gasteiger partial charge is 0.414 e. The maximum atomic E-state index is 14.9. The SMILES string of the molecule is CC[Si](CC)(CC)O[C@H](CCCCOCc1ccc(C)cc1)[C@H](C)C(O)CC(=O)[C@@H](OCc1ccccc1)[C@@H]1O[C@@H]2CO[C@@H](c3ccccc3)O[C@H]2[C@H](O[Si](C)(C)C(C)(C)C)[C@H]1C. The topological polar surface area (TPSA) is 102 Å². The molecule has 1 N–H and O–H groups in total. The number of fused-ring (bicyclic) bond motifs is 1. The Morgan fingerprint density at radius 3 is 2.10 bits per heavy atom. The summed E-state index contributed by atoms with van der Waals surface area (Å²) in [7, 11) is -4.41. The van der Waals surface area contributed by atoms with Gasteiger partial charge in [0.15, 0.2) is 28.7 Å². The Labute approximate surface area is 382 Å². The number of carbonyl (C=O) groups excluding carboxylic acids is 1. The Balaban J connectivity index is 1.36. The van der Waals surface area contributed by atoms with Gasteiger partial charge in [0.2, 0.25) is 0 Å². The van der Waals surface area contributed by atoms with E-state index >= 15 is 0 Å². The van der Waals surface area contributed by atoms with Crippen LogP contribution < -0.4 is 0 Å². The molecule has 9 nitrogen and oxygen atoms in total. The fraction of sp³-hybridized carbons (Fsp3) is 0.635. The highest BCUT2D eigenvalue weighted by Crippen LogP contribution is 2.44.